The third kappa shape index (κ3) is 4.75. The maximum absolute atomic E-state index is 12.7. The highest BCUT2D eigenvalue weighted by Crippen LogP contribution is 2.32. The minimum atomic E-state index is 0. The van der Waals surface area contributed by atoms with Crippen LogP contribution in [-0.2, 0) is 0 Å². The third-order valence-electron chi connectivity index (χ3n) is 4.22. The summed E-state index contributed by atoms with van der Waals surface area (Å²) in [4.78, 5) is 14.7. The van der Waals surface area contributed by atoms with Crippen LogP contribution in [0.25, 0.3) is 0 Å². The summed E-state index contributed by atoms with van der Waals surface area (Å²) in [6.07, 6.45) is 2.09. The smallest absolute Gasteiger partial charge is 0.257 e. The summed E-state index contributed by atoms with van der Waals surface area (Å²) in [5, 5.41) is 3.39. The van der Waals surface area contributed by atoms with Crippen molar-refractivity contribution < 1.29 is 14.3 Å². The van der Waals surface area contributed by atoms with Crippen LogP contribution < -0.4 is 14.8 Å². The van der Waals surface area contributed by atoms with Gasteiger partial charge in [-0.15, -0.1) is 12.4 Å². The molecular formula is C17H27ClN2O3. The highest BCUT2D eigenvalue weighted by atomic mass is 35.5. The molecule has 1 N–H and O–H groups in total. The van der Waals surface area contributed by atoms with E-state index in [1.54, 1.807) is 26.4 Å². The van der Waals surface area contributed by atoms with Gasteiger partial charge >= 0.3 is 0 Å². The Morgan fingerprint density at radius 2 is 1.96 bits per heavy atom. The molecule has 2 rings (SSSR count). The van der Waals surface area contributed by atoms with Crippen LogP contribution in [0.2, 0.25) is 0 Å². The zero-order chi connectivity index (χ0) is 15.9. The number of piperidine rings is 1. The predicted octanol–water partition coefficient (Wildman–Crippen LogP) is 2.59. The number of hydrogen-bond acceptors (Lipinski definition) is 4. The second-order valence-corrected chi connectivity index (χ2v) is 5.58. The highest BCUT2D eigenvalue weighted by Gasteiger charge is 2.26. The fraction of sp³-hybridized carbons (Fsp3) is 0.588. The molecule has 0 unspecified atom stereocenters. The molecule has 6 heteroatoms. The number of rotatable bonds is 6. The van der Waals surface area contributed by atoms with E-state index in [4.69, 9.17) is 9.47 Å². The lowest BCUT2D eigenvalue weighted by molar-refractivity contribution is 0.0686. The summed E-state index contributed by atoms with van der Waals surface area (Å²) < 4.78 is 10.6. The summed E-state index contributed by atoms with van der Waals surface area (Å²) >= 11 is 0. The van der Waals surface area contributed by atoms with Crippen LogP contribution in [0.4, 0.5) is 0 Å². The first-order chi connectivity index (χ1) is 10.7. The molecule has 130 valence electrons. The number of nitrogens with zero attached hydrogens (tertiary/aromatic N) is 1. The SMILES string of the molecule is CCNCC1CCN(C(=O)c2cccc(OC)c2OC)CC1.Cl. The van der Waals surface area contributed by atoms with Gasteiger partial charge in [-0.05, 0) is 44.0 Å². The van der Waals surface area contributed by atoms with Gasteiger partial charge in [-0.3, -0.25) is 4.79 Å². The molecule has 1 fully saturated rings. The first-order valence-corrected chi connectivity index (χ1v) is 7.92. The van der Waals surface area contributed by atoms with E-state index < -0.39 is 0 Å². The molecule has 0 radical (unpaired) electrons. The van der Waals surface area contributed by atoms with Crippen LogP contribution >= 0.6 is 12.4 Å². The summed E-state index contributed by atoms with van der Waals surface area (Å²) in [7, 11) is 3.15. The highest BCUT2D eigenvalue weighted by molar-refractivity contribution is 5.97. The van der Waals surface area contributed by atoms with Gasteiger partial charge in [0.25, 0.3) is 5.91 Å². The predicted molar refractivity (Wildman–Crippen MR) is 94.0 cm³/mol. The van der Waals surface area contributed by atoms with Crippen LogP contribution in [0.15, 0.2) is 18.2 Å². The third-order valence-corrected chi connectivity index (χ3v) is 4.22. The number of halogens is 1. The number of amides is 1. The van der Waals surface area contributed by atoms with Crippen LogP contribution in [0, 0.1) is 5.92 Å². The fourth-order valence-electron chi connectivity index (χ4n) is 2.91. The van der Waals surface area contributed by atoms with E-state index in [9.17, 15) is 4.79 Å². The molecule has 1 heterocycles. The maximum Gasteiger partial charge on any atom is 0.257 e. The van der Waals surface area contributed by atoms with Gasteiger partial charge in [-0.25, -0.2) is 0 Å². The van der Waals surface area contributed by atoms with Gasteiger partial charge in [-0.1, -0.05) is 13.0 Å². The zero-order valence-electron chi connectivity index (χ0n) is 14.1. The maximum atomic E-state index is 12.7. The van der Waals surface area contributed by atoms with E-state index in [-0.39, 0.29) is 18.3 Å². The average Bonchev–Trinajstić information content (AvgIpc) is 2.58. The lowest BCUT2D eigenvalue weighted by Gasteiger charge is -2.32. The van der Waals surface area contributed by atoms with Crippen molar-refractivity contribution in [3.8, 4) is 11.5 Å². The van der Waals surface area contributed by atoms with E-state index >= 15 is 0 Å². The number of methoxy groups -OCH3 is 2. The van der Waals surface area contributed by atoms with Gasteiger partial charge < -0.3 is 19.7 Å². The molecular weight excluding hydrogens is 316 g/mol. The summed E-state index contributed by atoms with van der Waals surface area (Å²) in [6, 6.07) is 5.43. The van der Waals surface area contributed by atoms with Crippen molar-refractivity contribution in [1.29, 1.82) is 0 Å². The second kappa shape index (κ2) is 9.63. The Morgan fingerprint density at radius 3 is 2.52 bits per heavy atom. The van der Waals surface area contributed by atoms with Crippen molar-refractivity contribution >= 4 is 18.3 Å². The minimum Gasteiger partial charge on any atom is -0.493 e. The molecule has 1 aliphatic heterocycles. The van der Waals surface area contributed by atoms with E-state index in [1.807, 2.05) is 11.0 Å². The molecule has 1 amide bonds. The number of hydrogen-bond donors (Lipinski definition) is 1. The molecule has 5 nitrogen and oxygen atoms in total. The van der Waals surface area contributed by atoms with Crippen LogP contribution in [-0.4, -0.2) is 51.2 Å². The molecule has 0 spiro atoms. The number of para-hydroxylation sites is 1. The van der Waals surface area contributed by atoms with Gasteiger partial charge in [0.05, 0.1) is 19.8 Å². The normalized spacial score (nSPS) is 15.0. The van der Waals surface area contributed by atoms with Crippen LogP contribution in [0.3, 0.4) is 0 Å². The molecule has 0 bridgehead atoms. The fourth-order valence-corrected chi connectivity index (χ4v) is 2.91. The van der Waals surface area contributed by atoms with E-state index in [2.05, 4.69) is 12.2 Å². The summed E-state index contributed by atoms with van der Waals surface area (Å²) in [5.74, 6) is 1.80. The van der Waals surface area contributed by atoms with Crippen molar-refractivity contribution in [2.24, 2.45) is 5.92 Å². The Labute approximate surface area is 144 Å². The number of carbonyl (C=O) groups is 1. The van der Waals surface area contributed by atoms with Crippen molar-refractivity contribution in [2.45, 2.75) is 19.8 Å². The molecule has 0 saturated carbocycles. The van der Waals surface area contributed by atoms with E-state index in [0.717, 1.165) is 39.0 Å². The van der Waals surface area contributed by atoms with Crippen molar-refractivity contribution in [1.82, 2.24) is 10.2 Å². The Balaban J connectivity index is 0.00000264. The van der Waals surface area contributed by atoms with E-state index in [1.165, 1.54) is 0 Å². The molecule has 0 atom stereocenters. The molecule has 23 heavy (non-hydrogen) atoms. The number of likely N-dealkylation sites (tertiary alicyclic amines) is 1. The first kappa shape index (κ1) is 19.6. The van der Waals surface area contributed by atoms with Gasteiger partial charge in [0.15, 0.2) is 11.5 Å². The summed E-state index contributed by atoms with van der Waals surface area (Å²) in [6.45, 7) is 5.76. The Morgan fingerprint density at radius 1 is 1.26 bits per heavy atom. The number of benzene rings is 1. The van der Waals surface area contributed by atoms with Crippen LogP contribution in [0.5, 0.6) is 11.5 Å². The molecule has 1 aromatic carbocycles. The van der Waals surface area contributed by atoms with Crippen molar-refractivity contribution in [2.75, 3.05) is 40.4 Å². The first-order valence-electron chi connectivity index (χ1n) is 7.92. The molecule has 0 aliphatic carbocycles. The van der Waals surface area contributed by atoms with E-state index in [0.29, 0.717) is 23.0 Å². The lowest BCUT2D eigenvalue weighted by atomic mass is 9.96. The number of ether oxygens (including phenoxy) is 2. The van der Waals surface area contributed by atoms with Crippen molar-refractivity contribution in [3.63, 3.8) is 0 Å². The zero-order valence-corrected chi connectivity index (χ0v) is 14.9. The van der Waals surface area contributed by atoms with Crippen LogP contribution in [0.1, 0.15) is 30.1 Å². The standard InChI is InChI=1S/C17H26N2O3.ClH/c1-4-18-12-13-8-10-19(11-9-13)17(20)14-6-5-7-15(21-2)16(14)22-3;/h5-7,13,18H,4,8-12H2,1-3H3;1H. The van der Waals surface area contributed by atoms with Gasteiger partial charge in [-0.2, -0.15) is 0 Å². The molecule has 0 aromatic heterocycles. The number of carbonyl (C=O) groups excluding carboxylic acids is 1. The Hall–Kier alpha value is -1.46. The Kier molecular flexibility index (Phi) is 8.20. The van der Waals surface area contributed by atoms with Crippen molar-refractivity contribution in [3.05, 3.63) is 23.8 Å². The minimum absolute atomic E-state index is 0. The lowest BCUT2D eigenvalue weighted by Crippen LogP contribution is -2.40. The second-order valence-electron chi connectivity index (χ2n) is 5.58. The van der Waals surface area contributed by atoms with Gasteiger partial charge in [0.2, 0.25) is 0 Å². The Bertz CT molecular complexity index is 503. The van der Waals surface area contributed by atoms with Gasteiger partial charge in [0, 0.05) is 13.1 Å². The quantitative estimate of drug-likeness (QED) is 0.863. The summed E-state index contributed by atoms with van der Waals surface area (Å²) in [5.41, 5.74) is 0.576. The monoisotopic (exact) mass is 342 g/mol. The molecule has 1 aromatic rings. The molecule has 1 aliphatic rings. The largest absolute Gasteiger partial charge is 0.493 e. The molecule has 1 saturated heterocycles. The number of nitrogens with one attached hydrogen (secondary N) is 1. The van der Waals surface area contributed by atoms with Gasteiger partial charge in [0.1, 0.15) is 0 Å². The average molecular weight is 343 g/mol. The topological polar surface area (TPSA) is 50.8 Å².